The van der Waals surface area contributed by atoms with Crippen LogP contribution in [0.15, 0.2) is 87.9 Å². The molecule has 150 valence electrons. The maximum Gasteiger partial charge on any atom is 0.271 e. The van der Waals surface area contributed by atoms with E-state index in [-0.39, 0.29) is 5.91 Å². The van der Waals surface area contributed by atoms with Gasteiger partial charge in [-0.3, -0.25) is 4.79 Å². The Labute approximate surface area is 183 Å². The second kappa shape index (κ2) is 9.65. The van der Waals surface area contributed by atoms with Crippen LogP contribution in [0, 0.1) is 0 Å². The highest BCUT2D eigenvalue weighted by Crippen LogP contribution is 2.23. The van der Waals surface area contributed by atoms with E-state index >= 15 is 0 Å². The van der Waals surface area contributed by atoms with Gasteiger partial charge in [0.1, 0.15) is 0 Å². The van der Waals surface area contributed by atoms with E-state index in [4.69, 9.17) is 0 Å². The first kappa shape index (κ1) is 20.3. The van der Waals surface area contributed by atoms with Crippen molar-refractivity contribution in [2.24, 2.45) is 5.10 Å². The van der Waals surface area contributed by atoms with Gasteiger partial charge in [-0.2, -0.15) is 5.10 Å². The second-order valence-corrected chi connectivity index (χ2v) is 8.36. The molecule has 4 rings (SSSR count). The molecule has 5 nitrogen and oxygen atoms in total. The average Bonchev–Trinajstić information content (AvgIpc) is 3.21. The van der Waals surface area contributed by atoms with Crippen LogP contribution in [0.4, 0.5) is 0 Å². The SMILES string of the molecule is CSc1ccc(C=NNC(=O)c2ccc(CSc3nc4ccccc4[nH]3)cc2)cc1. The van der Waals surface area contributed by atoms with Crippen LogP contribution in [-0.4, -0.2) is 28.3 Å². The molecule has 0 fully saturated rings. The summed E-state index contributed by atoms with van der Waals surface area (Å²) in [7, 11) is 0. The van der Waals surface area contributed by atoms with Crippen LogP contribution in [0.25, 0.3) is 11.0 Å². The van der Waals surface area contributed by atoms with Gasteiger partial charge in [0.25, 0.3) is 5.91 Å². The van der Waals surface area contributed by atoms with Gasteiger partial charge >= 0.3 is 0 Å². The van der Waals surface area contributed by atoms with Gasteiger partial charge in [-0.1, -0.05) is 48.2 Å². The number of aromatic nitrogens is 2. The monoisotopic (exact) mass is 432 g/mol. The number of H-pyrrole nitrogens is 1. The molecule has 2 N–H and O–H groups in total. The number of benzene rings is 3. The molecule has 3 aromatic carbocycles. The van der Waals surface area contributed by atoms with Crippen molar-refractivity contribution in [2.45, 2.75) is 15.8 Å². The molecule has 1 amide bonds. The molecule has 4 aromatic rings. The van der Waals surface area contributed by atoms with E-state index in [9.17, 15) is 4.79 Å². The topological polar surface area (TPSA) is 70.1 Å². The summed E-state index contributed by atoms with van der Waals surface area (Å²) >= 11 is 3.32. The normalized spacial score (nSPS) is 11.2. The number of nitrogens with one attached hydrogen (secondary N) is 2. The molecule has 30 heavy (non-hydrogen) atoms. The number of hydrogen-bond acceptors (Lipinski definition) is 5. The maximum absolute atomic E-state index is 12.3. The number of thioether (sulfide) groups is 2. The molecule has 0 radical (unpaired) electrons. The number of amides is 1. The molecular formula is C23H20N4OS2. The van der Waals surface area contributed by atoms with Crippen molar-refractivity contribution in [1.29, 1.82) is 0 Å². The number of carbonyl (C=O) groups is 1. The molecule has 0 saturated heterocycles. The largest absolute Gasteiger partial charge is 0.333 e. The van der Waals surface area contributed by atoms with Crippen LogP contribution in [0.1, 0.15) is 21.5 Å². The third-order valence-corrected chi connectivity index (χ3v) is 6.14. The zero-order valence-corrected chi connectivity index (χ0v) is 18.0. The fourth-order valence-electron chi connectivity index (χ4n) is 2.82. The smallest absolute Gasteiger partial charge is 0.271 e. The Kier molecular flexibility index (Phi) is 6.51. The number of aromatic amines is 1. The summed E-state index contributed by atoms with van der Waals surface area (Å²) in [6.45, 7) is 0. The van der Waals surface area contributed by atoms with Crippen molar-refractivity contribution >= 4 is 46.7 Å². The minimum absolute atomic E-state index is 0.233. The van der Waals surface area contributed by atoms with Gasteiger partial charge in [0.15, 0.2) is 5.16 Å². The Bertz CT molecular complexity index is 1140. The van der Waals surface area contributed by atoms with Gasteiger partial charge in [-0.15, -0.1) is 11.8 Å². The number of rotatable bonds is 7. The first-order chi connectivity index (χ1) is 14.7. The lowest BCUT2D eigenvalue weighted by Gasteiger charge is -2.03. The van der Waals surface area contributed by atoms with Crippen LogP contribution < -0.4 is 5.43 Å². The fourth-order valence-corrected chi connectivity index (χ4v) is 4.07. The molecule has 0 aliphatic rings. The summed E-state index contributed by atoms with van der Waals surface area (Å²) < 4.78 is 0. The third-order valence-electron chi connectivity index (χ3n) is 4.45. The number of fused-ring (bicyclic) bond motifs is 1. The van der Waals surface area contributed by atoms with Crippen LogP contribution >= 0.6 is 23.5 Å². The molecular weight excluding hydrogens is 412 g/mol. The van der Waals surface area contributed by atoms with E-state index in [1.807, 2.05) is 79.1 Å². The molecule has 0 bridgehead atoms. The van der Waals surface area contributed by atoms with Gasteiger partial charge in [0.2, 0.25) is 0 Å². The summed E-state index contributed by atoms with van der Waals surface area (Å²) in [5.74, 6) is 0.537. The van der Waals surface area contributed by atoms with E-state index in [1.165, 1.54) is 4.90 Å². The first-order valence-corrected chi connectivity index (χ1v) is 11.6. The molecule has 0 aliphatic heterocycles. The van der Waals surface area contributed by atoms with E-state index in [0.717, 1.165) is 33.1 Å². The van der Waals surface area contributed by atoms with Gasteiger partial charge < -0.3 is 4.98 Å². The molecule has 0 spiro atoms. The highest BCUT2D eigenvalue weighted by molar-refractivity contribution is 7.98. The average molecular weight is 433 g/mol. The Balaban J connectivity index is 1.30. The van der Waals surface area contributed by atoms with Gasteiger partial charge in [0, 0.05) is 16.2 Å². The maximum atomic E-state index is 12.3. The summed E-state index contributed by atoms with van der Waals surface area (Å²) in [6.07, 6.45) is 3.67. The van der Waals surface area contributed by atoms with Crippen molar-refractivity contribution in [1.82, 2.24) is 15.4 Å². The number of hydrazone groups is 1. The lowest BCUT2D eigenvalue weighted by Crippen LogP contribution is -2.17. The third kappa shape index (κ3) is 5.11. The van der Waals surface area contributed by atoms with Crippen molar-refractivity contribution in [3.63, 3.8) is 0 Å². The van der Waals surface area contributed by atoms with Crippen molar-refractivity contribution in [2.75, 3.05) is 6.26 Å². The number of hydrogen-bond donors (Lipinski definition) is 2. The first-order valence-electron chi connectivity index (χ1n) is 9.35. The van der Waals surface area contributed by atoms with Crippen molar-refractivity contribution in [3.8, 4) is 0 Å². The van der Waals surface area contributed by atoms with Crippen LogP contribution in [0.3, 0.4) is 0 Å². The van der Waals surface area contributed by atoms with Crippen LogP contribution in [-0.2, 0) is 5.75 Å². The Morgan fingerprint density at radius 2 is 1.83 bits per heavy atom. The molecule has 7 heteroatoms. The second-order valence-electron chi connectivity index (χ2n) is 6.52. The van der Waals surface area contributed by atoms with Crippen LogP contribution in [0.5, 0.6) is 0 Å². The molecule has 0 aliphatic carbocycles. The highest BCUT2D eigenvalue weighted by atomic mass is 32.2. The molecule has 1 heterocycles. The zero-order chi connectivity index (χ0) is 20.8. The number of nitrogens with zero attached hydrogens (tertiary/aromatic N) is 2. The molecule has 0 atom stereocenters. The van der Waals surface area contributed by atoms with Crippen molar-refractivity contribution in [3.05, 3.63) is 89.5 Å². The number of para-hydroxylation sites is 2. The quantitative estimate of drug-likeness (QED) is 0.235. The minimum Gasteiger partial charge on any atom is -0.333 e. The van der Waals surface area contributed by atoms with E-state index in [0.29, 0.717) is 5.56 Å². The lowest BCUT2D eigenvalue weighted by atomic mass is 10.1. The standard InChI is InChI=1S/C23H20N4OS2/c1-29-19-12-8-16(9-13-19)14-24-27-22(28)18-10-6-17(7-11-18)15-30-23-25-20-4-2-3-5-21(20)26-23/h2-14H,15H2,1H3,(H,25,26)(H,27,28). The van der Waals surface area contributed by atoms with E-state index < -0.39 is 0 Å². The highest BCUT2D eigenvalue weighted by Gasteiger charge is 2.06. The van der Waals surface area contributed by atoms with Gasteiger partial charge in [-0.05, 0) is 53.8 Å². The predicted molar refractivity (Wildman–Crippen MR) is 125 cm³/mol. The Morgan fingerprint density at radius 1 is 1.07 bits per heavy atom. The van der Waals surface area contributed by atoms with Crippen molar-refractivity contribution < 1.29 is 4.79 Å². The molecule has 0 saturated carbocycles. The Hall–Kier alpha value is -3.03. The lowest BCUT2D eigenvalue weighted by molar-refractivity contribution is 0.0955. The van der Waals surface area contributed by atoms with Gasteiger partial charge in [-0.25, -0.2) is 10.4 Å². The summed E-state index contributed by atoms with van der Waals surface area (Å²) in [4.78, 5) is 21.3. The fraction of sp³-hybridized carbons (Fsp3) is 0.0870. The summed E-state index contributed by atoms with van der Waals surface area (Å²) in [5, 5.41) is 4.93. The predicted octanol–water partition coefficient (Wildman–Crippen LogP) is 5.34. The van der Waals surface area contributed by atoms with E-state index in [2.05, 4.69) is 20.5 Å². The Morgan fingerprint density at radius 3 is 2.57 bits per heavy atom. The molecule has 0 unspecified atom stereocenters. The zero-order valence-electron chi connectivity index (χ0n) is 16.3. The van der Waals surface area contributed by atoms with Gasteiger partial charge in [0.05, 0.1) is 17.2 Å². The summed E-state index contributed by atoms with van der Waals surface area (Å²) in [5.41, 5.74) is 7.20. The molecule has 1 aromatic heterocycles. The minimum atomic E-state index is -0.233. The number of carbonyl (C=O) groups excluding carboxylic acids is 1. The summed E-state index contributed by atoms with van der Waals surface area (Å²) in [6, 6.07) is 23.5. The van der Waals surface area contributed by atoms with Crippen LogP contribution in [0.2, 0.25) is 0 Å². The van der Waals surface area contributed by atoms with E-state index in [1.54, 1.807) is 29.7 Å². The number of imidazole rings is 1.